The molecule has 15 heavy (non-hydrogen) atoms. The average Bonchev–Trinajstić information content (AvgIpc) is 2.51. The van der Waals surface area contributed by atoms with Crippen molar-refractivity contribution in [3.8, 4) is 0 Å². The molecule has 0 aliphatic heterocycles. The van der Waals surface area contributed by atoms with Gasteiger partial charge in [0.2, 0.25) is 0 Å². The Morgan fingerprint density at radius 2 is 1.80 bits per heavy atom. The zero-order valence-electron chi connectivity index (χ0n) is 9.01. The molecule has 0 fully saturated rings. The number of nitrogens with one attached hydrogen (secondary N) is 1. The summed E-state index contributed by atoms with van der Waals surface area (Å²) in [5.41, 5.74) is 4.23. The summed E-state index contributed by atoms with van der Waals surface area (Å²) in [6.07, 6.45) is 0. The molecule has 0 unspecified atom stereocenters. The summed E-state index contributed by atoms with van der Waals surface area (Å²) >= 11 is 0. The van der Waals surface area contributed by atoms with E-state index in [9.17, 15) is 4.79 Å². The minimum atomic E-state index is -0.900. The molecule has 1 aromatic heterocycles. The molecule has 1 heterocycles. The highest BCUT2D eigenvalue weighted by Gasteiger charge is 2.15. The molecule has 1 aromatic carbocycles. The fourth-order valence-electron chi connectivity index (χ4n) is 2.01. The number of carboxylic acids is 1. The topological polar surface area (TPSA) is 53.1 Å². The van der Waals surface area contributed by atoms with E-state index in [1.165, 1.54) is 0 Å². The van der Waals surface area contributed by atoms with Crippen molar-refractivity contribution in [2.75, 3.05) is 0 Å². The number of aryl methyl sites for hydroxylation is 3. The molecule has 0 saturated carbocycles. The molecular formula is C12H13NO2. The van der Waals surface area contributed by atoms with Crippen LogP contribution in [0, 0.1) is 20.8 Å². The first-order chi connectivity index (χ1) is 7.02. The van der Waals surface area contributed by atoms with Crippen LogP contribution in [0.4, 0.5) is 0 Å². The molecule has 2 rings (SSSR count). The molecule has 3 heteroatoms. The predicted molar refractivity (Wildman–Crippen MR) is 59.5 cm³/mol. The monoisotopic (exact) mass is 203 g/mol. The lowest BCUT2D eigenvalue weighted by molar-refractivity contribution is 0.0691. The lowest BCUT2D eigenvalue weighted by atomic mass is 10.0. The highest BCUT2D eigenvalue weighted by atomic mass is 16.4. The highest BCUT2D eigenvalue weighted by Crippen LogP contribution is 2.27. The summed E-state index contributed by atoms with van der Waals surface area (Å²) in [6, 6.07) is 4.02. The van der Waals surface area contributed by atoms with Crippen LogP contribution in [0.2, 0.25) is 0 Å². The fraction of sp³-hybridized carbons (Fsp3) is 0.250. The number of hydrogen-bond acceptors (Lipinski definition) is 1. The number of carboxylic acid groups (broad SMARTS) is 1. The molecule has 0 spiro atoms. The van der Waals surface area contributed by atoms with Gasteiger partial charge in [0.25, 0.3) is 0 Å². The summed E-state index contributed by atoms with van der Waals surface area (Å²) in [6.45, 7) is 5.81. The second kappa shape index (κ2) is 3.12. The Bertz CT molecular complexity index is 552. The molecule has 0 atom stereocenters. The maximum Gasteiger partial charge on any atom is 0.352 e. The quantitative estimate of drug-likeness (QED) is 0.748. The van der Waals surface area contributed by atoms with E-state index in [4.69, 9.17) is 5.11 Å². The van der Waals surface area contributed by atoms with E-state index >= 15 is 0 Å². The predicted octanol–water partition coefficient (Wildman–Crippen LogP) is 2.79. The molecule has 0 bridgehead atoms. The summed E-state index contributed by atoms with van der Waals surface area (Å²) in [5, 5.41) is 10.1. The third-order valence-electron chi connectivity index (χ3n) is 2.84. The Kier molecular flexibility index (Phi) is 2.03. The van der Waals surface area contributed by atoms with Gasteiger partial charge in [-0.05, 0) is 37.5 Å². The van der Waals surface area contributed by atoms with Crippen molar-refractivity contribution in [3.05, 3.63) is 34.5 Å². The lowest BCUT2D eigenvalue weighted by Crippen LogP contribution is -1.98. The Hall–Kier alpha value is -1.77. The molecule has 2 N–H and O–H groups in total. The Morgan fingerprint density at radius 1 is 1.20 bits per heavy atom. The number of aromatic amines is 1. The van der Waals surface area contributed by atoms with Gasteiger partial charge in [-0.25, -0.2) is 4.79 Å². The standard InChI is InChI=1S/C12H13NO2/c1-6-4-5-7(2)10-9(6)8(3)11(13-10)12(14)15/h4-5,13H,1-3H3,(H,14,15). The van der Waals surface area contributed by atoms with E-state index in [2.05, 4.69) is 4.98 Å². The van der Waals surface area contributed by atoms with Gasteiger partial charge in [-0.3, -0.25) is 0 Å². The minimum absolute atomic E-state index is 0.294. The van der Waals surface area contributed by atoms with Crippen LogP contribution < -0.4 is 0 Å². The van der Waals surface area contributed by atoms with E-state index in [-0.39, 0.29) is 0 Å². The number of aromatic nitrogens is 1. The van der Waals surface area contributed by atoms with Crippen LogP contribution in [0.1, 0.15) is 27.2 Å². The Labute approximate surface area is 87.7 Å². The molecular weight excluding hydrogens is 190 g/mol. The van der Waals surface area contributed by atoms with Crippen molar-refractivity contribution in [3.63, 3.8) is 0 Å². The smallest absolute Gasteiger partial charge is 0.352 e. The fourth-order valence-corrected chi connectivity index (χ4v) is 2.01. The van der Waals surface area contributed by atoms with E-state index in [1.54, 1.807) is 0 Å². The number of hydrogen-bond donors (Lipinski definition) is 2. The molecule has 2 aromatic rings. The van der Waals surface area contributed by atoms with E-state index in [0.29, 0.717) is 5.69 Å². The van der Waals surface area contributed by atoms with Crippen molar-refractivity contribution in [1.82, 2.24) is 4.98 Å². The van der Waals surface area contributed by atoms with Gasteiger partial charge in [0.1, 0.15) is 5.69 Å². The Balaban J connectivity index is 2.93. The molecule has 0 saturated heterocycles. The summed E-state index contributed by atoms with van der Waals surface area (Å²) in [5.74, 6) is -0.900. The molecule has 0 amide bonds. The van der Waals surface area contributed by atoms with Crippen LogP contribution in [0.15, 0.2) is 12.1 Å². The lowest BCUT2D eigenvalue weighted by Gasteiger charge is -2.00. The first-order valence-electron chi connectivity index (χ1n) is 4.84. The molecule has 3 nitrogen and oxygen atoms in total. The number of rotatable bonds is 1. The highest BCUT2D eigenvalue weighted by molar-refractivity contribution is 5.99. The second-order valence-corrected chi connectivity index (χ2v) is 3.88. The van der Waals surface area contributed by atoms with Gasteiger partial charge in [-0.1, -0.05) is 12.1 Å². The third kappa shape index (κ3) is 1.31. The normalized spacial score (nSPS) is 10.9. The first kappa shape index (κ1) is 9.77. The van der Waals surface area contributed by atoms with Crippen molar-refractivity contribution in [2.45, 2.75) is 20.8 Å². The van der Waals surface area contributed by atoms with Gasteiger partial charge in [0.15, 0.2) is 0 Å². The molecule has 0 aliphatic carbocycles. The molecule has 0 aliphatic rings. The number of carbonyl (C=O) groups is 1. The van der Waals surface area contributed by atoms with Gasteiger partial charge in [0, 0.05) is 10.9 Å². The van der Waals surface area contributed by atoms with Crippen LogP contribution in [0.3, 0.4) is 0 Å². The largest absolute Gasteiger partial charge is 0.477 e. The van der Waals surface area contributed by atoms with Gasteiger partial charge < -0.3 is 10.1 Å². The zero-order valence-corrected chi connectivity index (χ0v) is 9.01. The van der Waals surface area contributed by atoms with Crippen LogP contribution in [0.5, 0.6) is 0 Å². The van der Waals surface area contributed by atoms with Crippen LogP contribution in [-0.2, 0) is 0 Å². The number of benzene rings is 1. The van der Waals surface area contributed by atoms with Crippen molar-refractivity contribution in [2.24, 2.45) is 0 Å². The van der Waals surface area contributed by atoms with Crippen LogP contribution in [-0.4, -0.2) is 16.1 Å². The van der Waals surface area contributed by atoms with Gasteiger partial charge in [0.05, 0.1) is 0 Å². The number of aromatic carboxylic acids is 1. The van der Waals surface area contributed by atoms with Crippen molar-refractivity contribution < 1.29 is 9.90 Å². The first-order valence-corrected chi connectivity index (χ1v) is 4.84. The van der Waals surface area contributed by atoms with Crippen molar-refractivity contribution >= 4 is 16.9 Å². The summed E-state index contributed by atoms with van der Waals surface area (Å²) in [4.78, 5) is 14.0. The van der Waals surface area contributed by atoms with Gasteiger partial charge in [-0.2, -0.15) is 0 Å². The van der Waals surface area contributed by atoms with E-state index < -0.39 is 5.97 Å². The minimum Gasteiger partial charge on any atom is -0.477 e. The summed E-state index contributed by atoms with van der Waals surface area (Å²) in [7, 11) is 0. The Morgan fingerprint density at radius 3 is 2.33 bits per heavy atom. The second-order valence-electron chi connectivity index (χ2n) is 3.88. The van der Waals surface area contributed by atoms with Gasteiger partial charge in [-0.15, -0.1) is 0 Å². The maximum atomic E-state index is 11.0. The van der Waals surface area contributed by atoms with Crippen molar-refractivity contribution in [1.29, 1.82) is 0 Å². The van der Waals surface area contributed by atoms with E-state index in [0.717, 1.165) is 27.6 Å². The maximum absolute atomic E-state index is 11.0. The van der Waals surface area contributed by atoms with Crippen LogP contribution >= 0.6 is 0 Å². The number of fused-ring (bicyclic) bond motifs is 1. The average molecular weight is 203 g/mol. The number of H-pyrrole nitrogens is 1. The van der Waals surface area contributed by atoms with Gasteiger partial charge >= 0.3 is 5.97 Å². The SMILES string of the molecule is Cc1ccc(C)c2c(C)c(C(=O)O)[nH]c12. The molecule has 78 valence electrons. The summed E-state index contributed by atoms with van der Waals surface area (Å²) < 4.78 is 0. The molecule has 0 radical (unpaired) electrons. The van der Waals surface area contributed by atoms with Crippen LogP contribution in [0.25, 0.3) is 10.9 Å². The third-order valence-corrected chi connectivity index (χ3v) is 2.84. The van der Waals surface area contributed by atoms with E-state index in [1.807, 2.05) is 32.9 Å². The zero-order chi connectivity index (χ0) is 11.2.